The summed E-state index contributed by atoms with van der Waals surface area (Å²) in [6.45, 7) is 5.41. The topological polar surface area (TPSA) is 90.9 Å². The van der Waals surface area contributed by atoms with Crippen molar-refractivity contribution in [1.29, 1.82) is 0 Å². The highest BCUT2D eigenvalue weighted by Crippen LogP contribution is 2.27. The summed E-state index contributed by atoms with van der Waals surface area (Å²) < 4.78 is 0. The minimum Gasteiger partial charge on any atom is -0.389 e. The standard InChI is InChI=1S/C18H20N4O2/c1-11-12-6-4-5-7-13(12)22-16(11)14-8-19-9-15(21-14)17(23)20-10-18(2,3)24/h4-9,22,24H,10H2,1-3H3,(H,20,23). The molecule has 2 heterocycles. The van der Waals surface area contributed by atoms with Gasteiger partial charge in [0.2, 0.25) is 0 Å². The first kappa shape index (κ1) is 16.1. The lowest BCUT2D eigenvalue weighted by atomic mass is 10.1. The van der Waals surface area contributed by atoms with Crippen molar-refractivity contribution < 1.29 is 9.90 Å². The molecule has 0 radical (unpaired) electrons. The maximum atomic E-state index is 12.2. The predicted octanol–water partition coefficient (Wildman–Crippen LogP) is 2.43. The summed E-state index contributed by atoms with van der Waals surface area (Å²) in [5.74, 6) is -0.361. The number of hydrogen-bond acceptors (Lipinski definition) is 4. The Balaban J connectivity index is 1.92. The quantitative estimate of drug-likeness (QED) is 0.687. The molecule has 0 saturated heterocycles. The molecule has 1 aromatic carbocycles. The van der Waals surface area contributed by atoms with Crippen molar-refractivity contribution in [3.8, 4) is 11.4 Å². The molecular formula is C18H20N4O2. The number of aromatic amines is 1. The van der Waals surface area contributed by atoms with Crippen LogP contribution in [0, 0.1) is 6.92 Å². The summed E-state index contributed by atoms with van der Waals surface area (Å²) in [5.41, 5.74) is 2.78. The highest BCUT2D eigenvalue weighted by atomic mass is 16.3. The number of rotatable bonds is 4. The first-order valence-corrected chi connectivity index (χ1v) is 7.75. The molecule has 0 aliphatic rings. The van der Waals surface area contributed by atoms with Gasteiger partial charge in [0.25, 0.3) is 5.91 Å². The average molecular weight is 324 g/mol. The van der Waals surface area contributed by atoms with Gasteiger partial charge in [0.15, 0.2) is 0 Å². The Bertz CT molecular complexity index is 893. The van der Waals surface area contributed by atoms with Crippen molar-refractivity contribution in [3.63, 3.8) is 0 Å². The number of para-hydroxylation sites is 1. The minimum atomic E-state index is -0.978. The number of hydrogen-bond donors (Lipinski definition) is 3. The molecule has 0 spiro atoms. The summed E-state index contributed by atoms with van der Waals surface area (Å²) in [7, 11) is 0. The summed E-state index contributed by atoms with van der Waals surface area (Å²) in [6, 6.07) is 7.99. The number of amides is 1. The highest BCUT2D eigenvalue weighted by molar-refractivity contribution is 5.93. The third kappa shape index (κ3) is 3.28. The summed E-state index contributed by atoms with van der Waals surface area (Å²) >= 11 is 0. The van der Waals surface area contributed by atoms with Gasteiger partial charge in [-0.25, -0.2) is 4.98 Å². The minimum absolute atomic E-state index is 0.142. The molecule has 3 N–H and O–H groups in total. The number of benzene rings is 1. The van der Waals surface area contributed by atoms with Gasteiger partial charge in [-0.3, -0.25) is 9.78 Å². The fourth-order valence-electron chi connectivity index (χ4n) is 2.52. The van der Waals surface area contributed by atoms with Crippen molar-refractivity contribution in [3.05, 3.63) is 47.9 Å². The number of nitrogens with zero attached hydrogens (tertiary/aromatic N) is 2. The molecule has 0 aliphatic heterocycles. The predicted molar refractivity (Wildman–Crippen MR) is 92.7 cm³/mol. The lowest BCUT2D eigenvalue weighted by Crippen LogP contribution is -2.38. The summed E-state index contributed by atoms with van der Waals surface area (Å²) in [6.07, 6.45) is 3.05. The largest absolute Gasteiger partial charge is 0.389 e. The first-order valence-electron chi connectivity index (χ1n) is 7.75. The Kier molecular flexibility index (Phi) is 4.07. The van der Waals surface area contributed by atoms with Crippen LogP contribution >= 0.6 is 0 Å². The third-order valence-corrected chi connectivity index (χ3v) is 3.77. The Morgan fingerprint density at radius 3 is 2.75 bits per heavy atom. The average Bonchev–Trinajstić information content (AvgIpc) is 2.89. The first-order chi connectivity index (χ1) is 11.3. The molecule has 124 valence electrons. The van der Waals surface area contributed by atoms with Crippen LogP contribution in [0.4, 0.5) is 0 Å². The van der Waals surface area contributed by atoms with E-state index in [-0.39, 0.29) is 18.1 Å². The van der Waals surface area contributed by atoms with Gasteiger partial charge < -0.3 is 15.4 Å². The molecule has 0 unspecified atom stereocenters. The van der Waals surface area contributed by atoms with E-state index < -0.39 is 5.60 Å². The fourth-order valence-corrected chi connectivity index (χ4v) is 2.52. The van der Waals surface area contributed by atoms with E-state index in [1.165, 1.54) is 6.20 Å². The number of aliphatic hydroxyl groups is 1. The van der Waals surface area contributed by atoms with Crippen molar-refractivity contribution in [2.45, 2.75) is 26.4 Å². The Hall–Kier alpha value is -2.73. The van der Waals surface area contributed by atoms with Crippen molar-refractivity contribution in [2.24, 2.45) is 0 Å². The van der Waals surface area contributed by atoms with E-state index in [2.05, 4.69) is 20.3 Å². The van der Waals surface area contributed by atoms with Gasteiger partial charge in [0, 0.05) is 17.4 Å². The molecule has 0 saturated carbocycles. The maximum absolute atomic E-state index is 12.2. The van der Waals surface area contributed by atoms with Crippen LogP contribution in [0.2, 0.25) is 0 Å². The highest BCUT2D eigenvalue weighted by Gasteiger charge is 2.17. The Morgan fingerprint density at radius 1 is 1.29 bits per heavy atom. The van der Waals surface area contributed by atoms with Crippen LogP contribution in [0.3, 0.4) is 0 Å². The fraction of sp³-hybridized carbons (Fsp3) is 0.278. The number of nitrogens with one attached hydrogen (secondary N) is 2. The van der Waals surface area contributed by atoms with Crippen LogP contribution in [-0.2, 0) is 0 Å². The zero-order valence-corrected chi connectivity index (χ0v) is 13.9. The lowest BCUT2D eigenvalue weighted by Gasteiger charge is -2.17. The smallest absolute Gasteiger partial charge is 0.271 e. The van der Waals surface area contributed by atoms with Crippen LogP contribution in [0.15, 0.2) is 36.7 Å². The normalized spacial score (nSPS) is 11.7. The molecule has 0 fully saturated rings. The SMILES string of the molecule is Cc1c(-c2cncc(C(=O)NCC(C)(C)O)n2)[nH]c2ccccc12. The van der Waals surface area contributed by atoms with E-state index in [0.717, 1.165) is 22.2 Å². The maximum Gasteiger partial charge on any atom is 0.271 e. The third-order valence-electron chi connectivity index (χ3n) is 3.77. The van der Waals surface area contributed by atoms with Crippen LogP contribution in [0.25, 0.3) is 22.3 Å². The van der Waals surface area contributed by atoms with E-state index in [9.17, 15) is 9.90 Å². The van der Waals surface area contributed by atoms with Crippen LogP contribution in [0.5, 0.6) is 0 Å². The monoisotopic (exact) mass is 324 g/mol. The van der Waals surface area contributed by atoms with E-state index in [1.807, 2.05) is 31.2 Å². The van der Waals surface area contributed by atoms with Crippen molar-refractivity contribution in [2.75, 3.05) is 6.54 Å². The van der Waals surface area contributed by atoms with E-state index in [1.54, 1.807) is 20.0 Å². The number of aromatic nitrogens is 3. The number of carbonyl (C=O) groups excluding carboxylic acids is 1. The lowest BCUT2D eigenvalue weighted by molar-refractivity contribution is 0.0692. The van der Waals surface area contributed by atoms with Crippen molar-refractivity contribution >= 4 is 16.8 Å². The molecule has 6 nitrogen and oxygen atoms in total. The van der Waals surface area contributed by atoms with Gasteiger partial charge in [-0.05, 0) is 32.4 Å². The summed E-state index contributed by atoms with van der Waals surface area (Å²) in [5, 5.41) is 13.5. The number of aryl methyl sites for hydroxylation is 1. The van der Waals surface area contributed by atoms with Crippen LogP contribution < -0.4 is 5.32 Å². The summed E-state index contributed by atoms with van der Waals surface area (Å²) in [4.78, 5) is 24.1. The molecule has 0 atom stereocenters. The molecule has 3 rings (SSSR count). The second-order valence-corrected chi connectivity index (χ2v) is 6.46. The zero-order valence-electron chi connectivity index (χ0n) is 13.9. The second-order valence-electron chi connectivity index (χ2n) is 6.46. The van der Waals surface area contributed by atoms with Crippen molar-refractivity contribution in [1.82, 2.24) is 20.3 Å². The molecule has 6 heteroatoms. The van der Waals surface area contributed by atoms with E-state index in [0.29, 0.717) is 5.69 Å². The number of carbonyl (C=O) groups is 1. The molecule has 2 aromatic heterocycles. The Labute approximate surface area is 140 Å². The van der Waals surface area contributed by atoms with E-state index in [4.69, 9.17) is 0 Å². The van der Waals surface area contributed by atoms with Gasteiger partial charge in [-0.15, -0.1) is 0 Å². The molecule has 0 aliphatic carbocycles. The molecule has 0 bridgehead atoms. The van der Waals surface area contributed by atoms with Gasteiger partial charge in [0.05, 0.1) is 23.7 Å². The molecule has 1 amide bonds. The van der Waals surface area contributed by atoms with Crippen LogP contribution in [0.1, 0.15) is 29.9 Å². The zero-order chi connectivity index (χ0) is 17.3. The van der Waals surface area contributed by atoms with Gasteiger partial charge in [0.1, 0.15) is 11.4 Å². The number of fused-ring (bicyclic) bond motifs is 1. The van der Waals surface area contributed by atoms with Gasteiger partial charge in [-0.2, -0.15) is 0 Å². The molecule has 3 aromatic rings. The van der Waals surface area contributed by atoms with E-state index >= 15 is 0 Å². The molecular weight excluding hydrogens is 304 g/mol. The Morgan fingerprint density at radius 2 is 2.04 bits per heavy atom. The van der Waals surface area contributed by atoms with Gasteiger partial charge >= 0.3 is 0 Å². The molecule has 24 heavy (non-hydrogen) atoms. The number of H-pyrrole nitrogens is 1. The van der Waals surface area contributed by atoms with Crippen LogP contribution in [-0.4, -0.2) is 38.1 Å². The van der Waals surface area contributed by atoms with Gasteiger partial charge in [-0.1, -0.05) is 18.2 Å². The second kappa shape index (κ2) is 6.05.